The van der Waals surface area contributed by atoms with E-state index < -0.39 is 0 Å². The molecule has 0 spiro atoms. The van der Waals surface area contributed by atoms with Gasteiger partial charge in [0.2, 0.25) is 0 Å². The molecule has 0 aromatic heterocycles. The van der Waals surface area contributed by atoms with E-state index in [2.05, 4.69) is 38.2 Å². The molecule has 1 atom stereocenters. The van der Waals surface area contributed by atoms with Crippen molar-refractivity contribution in [2.24, 2.45) is 5.92 Å². The lowest BCUT2D eigenvalue weighted by atomic mass is 10.0. The molecule has 0 saturated heterocycles. The number of hydrogen-bond acceptors (Lipinski definition) is 1. The molecule has 1 aliphatic rings. The van der Waals surface area contributed by atoms with Crippen molar-refractivity contribution in [3.05, 3.63) is 36.5 Å². The van der Waals surface area contributed by atoms with Gasteiger partial charge < -0.3 is 4.79 Å². The summed E-state index contributed by atoms with van der Waals surface area (Å²) in [5.74, 6) is 0.881. The van der Waals surface area contributed by atoms with Crippen LogP contribution in [-0.4, -0.2) is 5.78 Å². The van der Waals surface area contributed by atoms with Gasteiger partial charge in [0, 0.05) is 6.42 Å². The Morgan fingerprint density at radius 3 is 1.88 bits per heavy atom. The van der Waals surface area contributed by atoms with Crippen LogP contribution in [0, 0.1) is 5.92 Å². The Kier molecular flexibility index (Phi) is 16.0. The zero-order chi connectivity index (χ0) is 13.5. The Morgan fingerprint density at radius 1 is 1.12 bits per heavy atom. The number of rotatable bonds is 3. The van der Waals surface area contributed by atoms with Crippen molar-refractivity contribution >= 4 is 5.78 Å². The van der Waals surface area contributed by atoms with Gasteiger partial charge in [-0.2, -0.15) is 0 Å². The van der Waals surface area contributed by atoms with Crippen LogP contribution in [0.25, 0.3) is 0 Å². The zero-order valence-electron chi connectivity index (χ0n) is 12.1. The lowest BCUT2D eigenvalue weighted by molar-refractivity contribution is -0.117. The van der Waals surface area contributed by atoms with Gasteiger partial charge in [-0.1, -0.05) is 70.6 Å². The standard InChI is InChI=1S/C7H14O.C7H8.C2H6/c1-4-6(2)5-7(3)8;1-2-4-6-7-5-3-1;1-2/h6H,4-5H2,1-3H3;1-6H,7H2;1-2H3. The maximum atomic E-state index is 10.4. The van der Waals surface area contributed by atoms with Gasteiger partial charge in [-0.3, -0.25) is 0 Å². The molecule has 0 aromatic rings. The highest BCUT2D eigenvalue weighted by Gasteiger charge is 2.00. The first-order valence-corrected chi connectivity index (χ1v) is 6.64. The summed E-state index contributed by atoms with van der Waals surface area (Å²) in [6.45, 7) is 9.85. The molecule has 0 radical (unpaired) electrons. The quantitative estimate of drug-likeness (QED) is 0.666. The van der Waals surface area contributed by atoms with Gasteiger partial charge >= 0.3 is 0 Å². The van der Waals surface area contributed by atoms with Crippen LogP contribution in [0.5, 0.6) is 0 Å². The second kappa shape index (κ2) is 14.9. The minimum atomic E-state index is 0.305. The Hall–Kier alpha value is -1.11. The maximum Gasteiger partial charge on any atom is 0.130 e. The van der Waals surface area contributed by atoms with Crippen LogP contribution in [0.2, 0.25) is 0 Å². The van der Waals surface area contributed by atoms with Crippen LogP contribution in [0.15, 0.2) is 36.5 Å². The summed E-state index contributed by atoms with van der Waals surface area (Å²) in [7, 11) is 0. The molecule has 0 aliphatic heterocycles. The fraction of sp³-hybridized carbons (Fsp3) is 0.562. The van der Waals surface area contributed by atoms with Crippen LogP contribution < -0.4 is 0 Å². The lowest BCUT2D eigenvalue weighted by Gasteiger charge is -2.01. The first-order valence-electron chi connectivity index (χ1n) is 6.64. The van der Waals surface area contributed by atoms with Crippen molar-refractivity contribution in [3.8, 4) is 0 Å². The van der Waals surface area contributed by atoms with E-state index in [1.165, 1.54) is 0 Å². The van der Waals surface area contributed by atoms with Gasteiger partial charge in [-0.05, 0) is 19.3 Å². The number of hydrogen-bond donors (Lipinski definition) is 0. The Bertz CT molecular complexity index is 232. The topological polar surface area (TPSA) is 17.1 Å². The third-order valence-electron chi connectivity index (χ3n) is 2.21. The number of carbonyl (C=O) groups is 1. The van der Waals surface area contributed by atoms with Gasteiger partial charge in [-0.25, -0.2) is 0 Å². The van der Waals surface area contributed by atoms with Crippen LogP contribution in [-0.2, 0) is 4.79 Å². The first kappa shape index (κ1) is 18.3. The average molecular weight is 236 g/mol. The summed E-state index contributed by atoms with van der Waals surface area (Å²) in [5, 5.41) is 0. The monoisotopic (exact) mass is 236 g/mol. The van der Waals surface area contributed by atoms with Gasteiger partial charge in [0.15, 0.2) is 0 Å². The van der Waals surface area contributed by atoms with Crippen molar-refractivity contribution in [1.82, 2.24) is 0 Å². The van der Waals surface area contributed by atoms with Gasteiger partial charge in [-0.15, -0.1) is 0 Å². The van der Waals surface area contributed by atoms with Crippen molar-refractivity contribution in [3.63, 3.8) is 0 Å². The third-order valence-corrected chi connectivity index (χ3v) is 2.21. The number of carbonyl (C=O) groups excluding carboxylic acids is 1. The van der Waals surface area contributed by atoms with Crippen molar-refractivity contribution in [1.29, 1.82) is 0 Å². The smallest absolute Gasteiger partial charge is 0.130 e. The average Bonchev–Trinajstić information content (AvgIpc) is 2.63. The second-order valence-electron chi connectivity index (χ2n) is 3.90. The first-order chi connectivity index (χ1) is 8.16. The van der Waals surface area contributed by atoms with E-state index in [4.69, 9.17) is 0 Å². The van der Waals surface area contributed by atoms with Crippen LogP contribution in [0.1, 0.15) is 53.9 Å². The number of ketones is 1. The minimum absolute atomic E-state index is 0.305. The molecule has 0 saturated carbocycles. The van der Waals surface area contributed by atoms with Gasteiger partial charge in [0.05, 0.1) is 0 Å². The van der Waals surface area contributed by atoms with E-state index >= 15 is 0 Å². The predicted octanol–water partition coefficient (Wildman–Crippen LogP) is 5.10. The number of allylic oxidation sites excluding steroid dienone is 6. The molecule has 0 N–H and O–H groups in total. The summed E-state index contributed by atoms with van der Waals surface area (Å²) >= 11 is 0. The molecule has 1 nitrogen and oxygen atoms in total. The molecule has 0 fully saturated rings. The molecule has 0 amide bonds. The van der Waals surface area contributed by atoms with Crippen LogP contribution in [0.4, 0.5) is 0 Å². The van der Waals surface area contributed by atoms with Gasteiger partial charge in [0.1, 0.15) is 5.78 Å². The van der Waals surface area contributed by atoms with E-state index in [1.54, 1.807) is 6.92 Å². The maximum absolute atomic E-state index is 10.4. The lowest BCUT2D eigenvalue weighted by Crippen LogP contribution is -1.98. The van der Waals surface area contributed by atoms with E-state index in [9.17, 15) is 4.79 Å². The number of Topliss-reactive ketones (excluding diaryl/α,β-unsaturated/α-hetero) is 1. The molecule has 0 aromatic carbocycles. The van der Waals surface area contributed by atoms with E-state index in [0.29, 0.717) is 11.7 Å². The van der Waals surface area contributed by atoms with E-state index in [-0.39, 0.29) is 0 Å². The molecule has 17 heavy (non-hydrogen) atoms. The predicted molar refractivity (Wildman–Crippen MR) is 78.1 cm³/mol. The Labute approximate surface area is 107 Å². The van der Waals surface area contributed by atoms with Crippen molar-refractivity contribution < 1.29 is 4.79 Å². The summed E-state index contributed by atoms with van der Waals surface area (Å²) in [6, 6.07) is 0. The fourth-order valence-electron chi connectivity index (χ4n) is 1.16. The highest BCUT2D eigenvalue weighted by Crippen LogP contribution is 2.05. The Morgan fingerprint density at radius 2 is 1.59 bits per heavy atom. The highest BCUT2D eigenvalue weighted by atomic mass is 16.1. The molecule has 1 heteroatoms. The molecule has 1 unspecified atom stereocenters. The summed E-state index contributed by atoms with van der Waals surface area (Å²) in [4.78, 5) is 10.4. The summed E-state index contributed by atoms with van der Waals surface area (Å²) in [6.07, 6.45) is 15.4. The molecular formula is C16H28O. The Balaban J connectivity index is 0. The largest absolute Gasteiger partial charge is 0.300 e. The summed E-state index contributed by atoms with van der Waals surface area (Å²) < 4.78 is 0. The molecule has 0 bridgehead atoms. The normalized spacial score (nSPS) is 13.7. The highest BCUT2D eigenvalue weighted by molar-refractivity contribution is 5.75. The third kappa shape index (κ3) is 17.5. The van der Waals surface area contributed by atoms with Crippen molar-refractivity contribution in [2.75, 3.05) is 0 Å². The second-order valence-corrected chi connectivity index (χ2v) is 3.90. The molecule has 1 rings (SSSR count). The van der Waals surface area contributed by atoms with Gasteiger partial charge in [0.25, 0.3) is 0 Å². The fourth-order valence-corrected chi connectivity index (χ4v) is 1.16. The van der Waals surface area contributed by atoms with E-state index in [1.807, 2.05) is 26.0 Å². The minimum Gasteiger partial charge on any atom is -0.300 e. The molecule has 98 valence electrons. The molecule has 0 heterocycles. The van der Waals surface area contributed by atoms with Crippen LogP contribution in [0.3, 0.4) is 0 Å². The molecular weight excluding hydrogens is 208 g/mol. The van der Waals surface area contributed by atoms with Crippen molar-refractivity contribution in [2.45, 2.75) is 53.9 Å². The molecule has 1 aliphatic carbocycles. The summed E-state index contributed by atoms with van der Waals surface area (Å²) in [5.41, 5.74) is 0. The SMILES string of the molecule is C1=CC=CCC=C1.CC.CCC(C)CC(C)=O. The van der Waals surface area contributed by atoms with E-state index in [0.717, 1.165) is 19.3 Å². The van der Waals surface area contributed by atoms with Crippen LogP contribution >= 0.6 is 0 Å². The zero-order valence-corrected chi connectivity index (χ0v) is 12.1.